The molecule has 4 N–H and O–H groups in total. The van der Waals surface area contributed by atoms with Gasteiger partial charge in [-0.2, -0.15) is 0 Å². The van der Waals surface area contributed by atoms with Gasteiger partial charge in [0.05, 0.1) is 0 Å². The van der Waals surface area contributed by atoms with Crippen LogP contribution in [0.25, 0.3) is 0 Å². The van der Waals surface area contributed by atoms with E-state index in [0.29, 0.717) is 5.82 Å². The fourth-order valence-corrected chi connectivity index (χ4v) is 1.46. The van der Waals surface area contributed by atoms with Gasteiger partial charge in [-0.15, -0.1) is 0 Å². The molecule has 2 rings (SSSR count). The van der Waals surface area contributed by atoms with Crippen LogP contribution in [0.3, 0.4) is 0 Å². The predicted molar refractivity (Wildman–Crippen MR) is 53.1 cm³/mol. The highest BCUT2D eigenvalue weighted by Crippen LogP contribution is 2.36. The summed E-state index contributed by atoms with van der Waals surface area (Å²) in [6, 6.07) is 3.94. The highest BCUT2D eigenvalue weighted by atomic mass is 14.8. The van der Waals surface area contributed by atoms with Gasteiger partial charge in [-0.1, -0.05) is 6.07 Å². The number of hydrogen-bond acceptors (Lipinski definition) is 3. The highest BCUT2D eigenvalue weighted by Gasteiger charge is 2.37. The quantitative estimate of drug-likeness (QED) is 0.726. The van der Waals surface area contributed by atoms with E-state index in [4.69, 9.17) is 11.5 Å². The molecule has 0 saturated heterocycles. The van der Waals surface area contributed by atoms with Crippen LogP contribution in [0.2, 0.25) is 0 Å². The lowest BCUT2D eigenvalue weighted by Crippen LogP contribution is -2.22. The number of aryl methyl sites for hydroxylation is 1. The average Bonchev–Trinajstić information content (AvgIpc) is 2.83. The minimum Gasteiger partial charge on any atom is -0.383 e. The lowest BCUT2D eigenvalue weighted by atomic mass is 10.1. The molecule has 0 aliphatic heterocycles. The van der Waals surface area contributed by atoms with E-state index >= 15 is 0 Å². The molecule has 0 spiro atoms. The Morgan fingerprint density at radius 1 is 1.46 bits per heavy atom. The second kappa shape index (κ2) is 3.00. The van der Waals surface area contributed by atoms with Gasteiger partial charge in [0.1, 0.15) is 5.82 Å². The van der Waals surface area contributed by atoms with Gasteiger partial charge in [0.15, 0.2) is 0 Å². The van der Waals surface area contributed by atoms with Crippen LogP contribution in [0.1, 0.15) is 24.8 Å². The second-order valence-corrected chi connectivity index (χ2v) is 3.91. The van der Waals surface area contributed by atoms with Crippen molar-refractivity contribution in [3.8, 4) is 0 Å². The summed E-state index contributed by atoms with van der Waals surface area (Å²) in [7, 11) is 0. The van der Waals surface area contributed by atoms with E-state index < -0.39 is 0 Å². The van der Waals surface area contributed by atoms with Gasteiger partial charge in [-0.25, -0.2) is 4.98 Å². The fraction of sp³-hybridized carbons (Fsp3) is 0.500. The Hall–Kier alpha value is -1.09. The number of nitrogens with two attached hydrogens (primary N) is 2. The van der Waals surface area contributed by atoms with Gasteiger partial charge < -0.3 is 11.5 Å². The number of rotatable bonds is 3. The summed E-state index contributed by atoms with van der Waals surface area (Å²) >= 11 is 0. The maximum atomic E-state index is 5.98. The Labute approximate surface area is 78.1 Å². The van der Waals surface area contributed by atoms with Crippen molar-refractivity contribution in [2.75, 3.05) is 5.73 Å². The van der Waals surface area contributed by atoms with Gasteiger partial charge in [0.2, 0.25) is 0 Å². The van der Waals surface area contributed by atoms with E-state index in [1.807, 2.05) is 12.1 Å². The van der Waals surface area contributed by atoms with Crippen LogP contribution >= 0.6 is 0 Å². The summed E-state index contributed by atoms with van der Waals surface area (Å²) in [5, 5.41) is 0. The van der Waals surface area contributed by atoms with E-state index in [0.717, 1.165) is 31.2 Å². The van der Waals surface area contributed by atoms with E-state index in [-0.39, 0.29) is 5.54 Å². The molecule has 0 amide bonds. The fourth-order valence-electron chi connectivity index (χ4n) is 1.46. The van der Waals surface area contributed by atoms with Crippen LogP contribution in [0.15, 0.2) is 18.3 Å². The van der Waals surface area contributed by atoms with Crippen molar-refractivity contribution in [1.82, 2.24) is 4.98 Å². The zero-order valence-electron chi connectivity index (χ0n) is 7.66. The Balaban J connectivity index is 1.97. The number of pyridine rings is 1. The lowest BCUT2D eigenvalue weighted by Gasteiger charge is -2.08. The molecule has 1 saturated carbocycles. The molecule has 1 fully saturated rings. The minimum absolute atomic E-state index is 0.113. The van der Waals surface area contributed by atoms with Crippen LogP contribution < -0.4 is 11.5 Å². The second-order valence-electron chi connectivity index (χ2n) is 3.91. The van der Waals surface area contributed by atoms with Crippen LogP contribution in [-0.4, -0.2) is 10.5 Å². The molecule has 0 bridgehead atoms. The third-order valence-electron chi connectivity index (χ3n) is 2.71. The van der Waals surface area contributed by atoms with Crippen molar-refractivity contribution >= 4 is 5.82 Å². The van der Waals surface area contributed by atoms with Crippen LogP contribution in [0.4, 0.5) is 5.82 Å². The maximum Gasteiger partial charge on any atom is 0.126 e. The summed E-state index contributed by atoms with van der Waals surface area (Å²) in [5.74, 6) is 0.645. The first-order chi connectivity index (χ1) is 6.20. The first kappa shape index (κ1) is 8.51. The van der Waals surface area contributed by atoms with Gasteiger partial charge in [-0.05, 0) is 37.3 Å². The van der Waals surface area contributed by atoms with Gasteiger partial charge in [-0.3, -0.25) is 0 Å². The number of aromatic nitrogens is 1. The maximum absolute atomic E-state index is 5.98. The number of anilines is 1. The average molecular weight is 177 g/mol. The largest absolute Gasteiger partial charge is 0.383 e. The van der Waals surface area contributed by atoms with Crippen LogP contribution in [-0.2, 0) is 6.42 Å². The SMILES string of the molecule is Nc1ncccc1CCC1(N)CC1. The minimum atomic E-state index is 0.113. The van der Waals surface area contributed by atoms with Crippen LogP contribution in [0, 0.1) is 0 Å². The highest BCUT2D eigenvalue weighted by molar-refractivity contribution is 5.38. The monoisotopic (exact) mass is 177 g/mol. The first-order valence-electron chi connectivity index (χ1n) is 4.68. The summed E-state index contributed by atoms with van der Waals surface area (Å²) in [6.07, 6.45) is 6.02. The third kappa shape index (κ3) is 1.98. The van der Waals surface area contributed by atoms with Crippen molar-refractivity contribution in [2.24, 2.45) is 5.73 Å². The zero-order valence-corrected chi connectivity index (χ0v) is 7.66. The summed E-state index contributed by atoms with van der Waals surface area (Å²) < 4.78 is 0. The van der Waals surface area contributed by atoms with Crippen molar-refractivity contribution in [3.63, 3.8) is 0 Å². The smallest absolute Gasteiger partial charge is 0.126 e. The molecule has 1 aliphatic carbocycles. The molecule has 1 aromatic rings. The molecule has 3 heteroatoms. The van der Waals surface area contributed by atoms with Crippen LogP contribution in [0.5, 0.6) is 0 Å². The van der Waals surface area contributed by atoms with Gasteiger partial charge in [0, 0.05) is 11.7 Å². The molecule has 1 heterocycles. The molecule has 0 unspecified atom stereocenters. The van der Waals surface area contributed by atoms with Gasteiger partial charge in [0.25, 0.3) is 0 Å². The molecule has 1 aliphatic rings. The topological polar surface area (TPSA) is 64.9 Å². The molecule has 3 nitrogen and oxygen atoms in total. The Bertz CT molecular complexity index is 305. The van der Waals surface area contributed by atoms with E-state index in [2.05, 4.69) is 4.98 Å². The summed E-state index contributed by atoms with van der Waals surface area (Å²) in [6.45, 7) is 0. The van der Waals surface area contributed by atoms with E-state index in [9.17, 15) is 0 Å². The van der Waals surface area contributed by atoms with Gasteiger partial charge >= 0.3 is 0 Å². The normalized spacial score (nSPS) is 18.5. The predicted octanol–water partition coefficient (Wildman–Crippen LogP) is 1.09. The number of nitrogens with zero attached hydrogens (tertiary/aromatic N) is 1. The molecular weight excluding hydrogens is 162 g/mol. The molecule has 13 heavy (non-hydrogen) atoms. The Kier molecular flexibility index (Phi) is 1.96. The Morgan fingerprint density at radius 3 is 2.85 bits per heavy atom. The molecule has 0 atom stereocenters. The molecule has 70 valence electrons. The molecular formula is C10H15N3. The van der Waals surface area contributed by atoms with Crippen molar-refractivity contribution in [1.29, 1.82) is 0 Å². The number of hydrogen-bond donors (Lipinski definition) is 2. The molecule has 1 aromatic heterocycles. The van der Waals surface area contributed by atoms with Crippen molar-refractivity contribution in [2.45, 2.75) is 31.2 Å². The number of nitrogen functional groups attached to an aromatic ring is 1. The molecule has 0 aromatic carbocycles. The summed E-state index contributed by atoms with van der Waals surface area (Å²) in [4.78, 5) is 4.04. The third-order valence-corrected chi connectivity index (χ3v) is 2.71. The van der Waals surface area contributed by atoms with Crippen molar-refractivity contribution < 1.29 is 0 Å². The molecule has 0 radical (unpaired) electrons. The van der Waals surface area contributed by atoms with Crippen molar-refractivity contribution in [3.05, 3.63) is 23.9 Å². The standard InChI is InChI=1S/C10H15N3/c11-9-8(2-1-7-13-9)3-4-10(12)5-6-10/h1-2,7H,3-6,12H2,(H2,11,13). The van der Waals surface area contributed by atoms with E-state index in [1.165, 1.54) is 0 Å². The lowest BCUT2D eigenvalue weighted by molar-refractivity contribution is 0.609. The first-order valence-corrected chi connectivity index (χ1v) is 4.68. The zero-order chi connectivity index (χ0) is 9.31. The summed E-state index contributed by atoms with van der Waals surface area (Å²) in [5.41, 5.74) is 12.9. The van der Waals surface area contributed by atoms with E-state index in [1.54, 1.807) is 6.20 Å². The Morgan fingerprint density at radius 2 is 2.23 bits per heavy atom.